The SMILES string of the molecule is IC=Cc1ccc(NN=Cc2ccncc2)cc1. The fourth-order valence-corrected chi connectivity index (χ4v) is 1.79. The quantitative estimate of drug-likeness (QED) is 0.516. The van der Waals surface area contributed by atoms with E-state index in [1.54, 1.807) is 18.6 Å². The first-order valence-electron chi connectivity index (χ1n) is 5.44. The third kappa shape index (κ3) is 3.96. The van der Waals surface area contributed by atoms with E-state index in [2.05, 4.69) is 38.1 Å². The molecule has 90 valence electrons. The Balaban J connectivity index is 1.96. The average molecular weight is 349 g/mol. The molecular formula is C14H12IN3. The molecule has 18 heavy (non-hydrogen) atoms. The number of pyridine rings is 1. The van der Waals surface area contributed by atoms with Crippen molar-refractivity contribution in [2.24, 2.45) is 5.10 Å². The summed E-state index contributed by atoms with van der Waals surface area (Å²) in [4.78, 5) is 3.95. The van der Waals surface area contributed by atoms with E-state index in [0.717, 1.165) is 11.3 Å². The van der Waals surface area contributed by atoms with Crippen LogP contribution in [0, 0.1) is 0 Å². The maximum Gasteiger partial charge on any atom is 0.0562 e. The molecule has 1 aromatic carbocycles. The molecule has 2 aromatic rings. The van der Waals surface area contributed by atoms with Crippen LogP contribution in [-0.4, -0.2) is 11.2 Å². The van der Waals surface area contributed by atoms with E-state index in [-0.39, 0.29) is 0 Å². The van der Waals surface area contributed by atoms with Gasteiger partial charge in [-0.1, -0.05) is 34.7 Å². The molecule has 0 aliphatic heterocycles. The predicted octanol–water partition coefficient (Wildman–Crippen LogP) is 3.93. The van der Waals surface area contributed by atoms with Gasteiger partial charge >= 0.3 is 0 Å². The van der Waals surface area contributed by atoms with Crippen molar-refractivity contribution in [3.05, 3.63) is 64.0 Å². The second kappa shape index (κ2) is 6.90. The summed E-state index contributed by atoms with van der Waals surface area (Å²) in [6.45, 7) is 0. The van der Waals surface area contributed by atoms with Gasteiger partial charge in [-0.15, -0.1) is 0 Å². The molecule has 0 unspecified atom stereocenters. The van der Waals surface area contributed by atoms with Gasteiger partial charge in [-0.05, 0) is 45.6 Å². The first-order valence-corrected chi connectivity index (χ1v) is 6.69. The van der Waals surface area contributed by atoms with E-state index < -0.39 is 0 Å². The lowest BCUT2D eigenvalue weighted by molar-refractivity contribution is 1.31. The number of nitrogens with one attached hydrogen (secondary N) is 1. The van der Waals surface area contributed by atoms with Gasteiger partial charge in [-0.25, -0.2) is 0 Å². The molecule has 1 aromatic heterocycles. The van der Waals surface area contributed by atoms with E-state index in [0.29, 0.717) is 0 Å². The zero-order chi connectivity index (χ0) is 12.6. The molecule has 0 atom stereocenters. The highest BCUT2D eigenvalue weighted by atomic mass is 127. The molecule has 0 saturated carbocycles. The Morgan fingerprint density at radius 2 is 1.72 bits per heavy atom. The Bertz CT molecular complexity index is 533. The van der Waals surface area contributed by atoms with Gasteiger partial charge < -0.3 is 0 Å². The summed E-state index contributed by atoms with van der Waals surface area (Å²) in [5.74, 6) is 0. The monoisotopic (exact) mass is 349 g/mol. The number of hydrogen-bond donors (Lipinski definition) is 1. The van der Waals surface area contributed by atoms with Crippen molar-refractivity contribution in [3.8, 4) is 0 Å². The predicted molar refractivity (Wildman–Crippen MR) is 84.9 cm³/mol. The number of benzene rings is 1. The summed E-state index contributed by atoms with van der Waals surface area (Å²) in [6, 6.07) is 11.9. The third-order valence-electron chi connectivity index (χ3n) is 2.28. The van der Waals surface area contributed by atoms with Gasteiger partial charge in [0, 0.05) is 12.4 Å². The van der Waals surface area contributed by atoms with Crippen molar-refractivity contribution >= 4 is 40.6 Å². The number of halogens is 1. The number of anilines is 1. The van der Waals surface area contributed by atoms with Crippen LogP contribution in [0.15, 0.2) is 58.0 Å². The van der Waals surface area contributed by atoms with Gasteiger partial charge in [0.2, 0.25) is 0 Å². The fraction of sp³-hybridized carbons (Fsp3) is 0. The van der Waals surface area contributed by atoms with E-state index >= 15 is 0 Å². The summed E-state index contributed by atoms with van der Waals surface area (Å²) in [7, 11) is 0. The highest BCUT2D eigenvalue weighted by Gasteiger charge is 1.90. The summed E-state index contributed by atoms with van der Waals surface area (Å²) in [5.41, 5.74) is 6.14. The number of hydrazone groups is 1. The lowest BCUT2D eigenvalue weighted by Crippen LogP contribution is -1.90. The van der Waals surface area contributed by atoms with Gasteiger partial charge in [0.1, 0.15) is 0 Å². The molecule has 0 saturated heterocycles. The molecule has 0 spiro atoms. The van der Waals surface area contributed by atoms with Crippen molar-refractivity contribution in [2.75, 3.05) is 5.43 Å². The first kappa shape index (κ1) is 12.8. The fourth-order valence-electron chi connectivity index (χ4n) is 1.37. The highest BCUT2D eigenvalue weighted by molar-refractivity contribution is 14.1. The normalized spacial score (nSPS) is 11.2. The molecule has 2 rings (SSSR count). The zero-order valence-corrected chi connectivity index (χ0v) is 11.8. The van der Waals surface area contributed by atoms with Crippen LogP contribution in [0.3, 0.4) is 0 Å². The van der Waals surface area contributed by atoms with E-state index in [4.69, 9.17) is 0 Å². The molecule has 0 radical (unpaired) electrons. The van der Waals surface area contributed by atoms with E-state index in [9.17, 15) is 0 Å². The zero-order valence-electron chi connectivity index (χ0n) is 9.62. The van der Waals surface area contributed by atoms with Gasteiger partial charge in [-0.3, -0.25) is 10.4 Å². The lowest BCUT2D eigenvalue weighted by Gasteiger charge is -2.00. The molecule has 0 amide bonds. The minimum Gasteiger partial charge on any atom is -0.279 e. The largest absolute Gasteiger partial charge is 0.279 e. The molecule has 1 heterocycles. The molecule has 0 bridgehead atoms. The molecule has 3 nitrogen and oxygen atoms in total. The molecule has 1 N–H and O–H groups in total. The van der Waals surface area contributed by atoms with Gasteiger partial charge in [0.05, 0.1) is 11.9 Å². The third-order valence-corrected chi connectivity index (χ3v) is 2.64. The van der Waals surface area contributed by atoms with Crippen LogP contribution < -0.4 is 5.43 Å². The van der Waals surface area contributed by atoms with Crippen LogP contribution in [0.4, 0.5) is 5.69 Å². The number of aromatic nitrogens is 1. The molecule has 0 fully saturated rings. The lowest BCUT2D eigenvalue weighted by atomic mass is 10.2. The number of rotatable bonds is 4. The summed E-state index contributed by atoms with van der Waals surface area (Å²) >= 11 is 2.20. The van der Waals surface area contributed by atoms with Crippen LogP contribution in [0.2, 0.25) is 0 Å². The van der Waals surface area contributed by atoms with E-state index in [1.807, 2.05) is 46.6 Å². The Labute approximate surface area is 120 Å². The van der Waals surface area contributed by atoms with Crippen LogP contribution in [0.1, 0.15) is 11.1 Å². The van der Waals surface area contributed by atoms with Crippen molar-refractivity contribution in [2.45, 2.75) is 0 Å². The van der Waals surface area contributed by atoms with Crippen molar-refractivity contribution in [1.29, 1.82) is 0 Å². The summed E-state index contributed by atoms with van der Waals surface area (Å²) in [5, 5.41) is 4.17. The van der Waals surface area contributed by atoms with Crippen molar-refractivity contribution in [1.82, 2.24) is 4.98 Å². The minimum absolute atomic E-state index is 0.964. The van der Waals surface area contributed by atoms with Crippen LogP contribution >= 0.6 is 22.6 Å². The van der Waals surface area contributed by atoms with Gasteiger partial charge in [0.25, 0.3) is 0 Å². The Hall–Kier alpha value is -1.69. The highest BCUT2D eigenvalue weighted by Crippen LogP contribution is 2.11. The maximum absolute atomic E-state index is 4.17. The van der Waals surface area contributed by atoms with Crippen LogP contribution in [0.25, 0.3) is 6.08 Å². The number of hydrogen-bond acceptors (Lipinski definition) is 3. The molecule has 4 heteroatoms. The van der Waals surface area contributed by atoms with Crippen molar-refractivity contribution in [3.63, 3.8) is 0 Å². The van der Waals surface area contributed by atoms with E-state index in [1.165, 1.54) is 5.56 Å². The number of nitrogens with zero attached hydrogens (tertiary/aromatic N) is 2. The Morgan fingerprint density at radius 3 is 2.39 bits per heavy atom. The summed E-state index contributed by atoms with van der Waals surface area (Å²) < 4.78 is 1.99. The van der Waals surface area contributed by atoms with Gasteiger partial charge in [-0.2, -0.15) is 5.10 Å². The second-order valence-electron chi connectivity index (χ2n) is 3.57. The molecule has 0 aliphatic rings. The summed E-state index contributed by atoms with van der Waals surface area (Å²) in [6.07, 6.45) is 7.30. The first-order chi connectivity index (χ1) is 8.88. The van der Waals surface area contributed by atoms with Crippen LogP contribution in [-0.2, 0) is 0 Å². The van der Waals surface area contributed by atoms with Crippen LogP contribution in [0.5, 0.6) is 0 Å². The standard InChI is InChI=1S/C14H12IN3/c15-8-5-12-1-3-14(4-2-12)18-17-11-13-6-9-16-10-7-13/h1-11,18H. The topological polar surface area (TPSA) is 37.3 Å². The van der Waals surface area contributed by atoms with Gasteiger partial charge in [0.15, 0.2) is 0 Å². The average Bonchev–Trinajstić information content (AvgIpc) is 2.42. The maximum atomic E-state index is 4.17. The Kier molecular flexibility index (Phi) is 4.89. The smallest absolute Gasteiger partial charge is 0.0562 e. The minimum atomic E-state index is 0.964. The van der Waals surface area contributed by atoms with Crippen molar-refractivity contribution < 1.29 is 0 Å². The Morgan fingerprint density at radius 1 is 1.00 bits per heavy atom. The second-order valence-corrected chi connectivity index (χ2v) is 4.28. The molecule has 0 aliphatic carbocycles. The molecular weight excluding hydrogens is 337 g/mol.